The largest absolute Gasteiger partial charge is 0.386 e. The van der Waals surface area contributed by atoms with E-state index in [0.29, 0.717) is 29.4 Å². The second kappa shape index (κ2) is 8.49. The molecule has 0 spiro atoms. The van der Waals surface area contributed by atoms with Crippen molar-refractivity contribution in [1.29, 1.82) is 0 Å². The Morgan fingerprint density at radius 2 is 2.00 bits per heavy atom. The molecule has 1 N–H and O–H groups in total. The maximum Gasteiger partial charge on any atom is 0.265 e. The van der Waals surface area contributed by atoms with Crippen molar-refractivity contribution < 1.29 is 14.4 Å². The monoisotopic (exact) mass is 371 g/mol. The summed E-state index contributed by atoms with van der Waals surface area (Å²) in [6, 6.07) is 14.3. The number of anilines is 2. The van der Waals surface area contributed by atoms with Gasteiger partial charge in [0.2, 0.25) is 5.91 Å². The predicted octanol–water partition coefficient (Wildman–Crippen LogP) is 3.46. The molecular formula is C19H18ClN3O3. The fourth-order valence-corrected chi connectivity index (χ4v) is 2.77. The Hall–Kier alpha value is -2.86. The topological polar surface area (TPSA) is 71.0 Å². The number of carbonyl (C=O) groups excluding carboxylic acids is 2. The number of oxime groups is 1. The first-order valence-electron chi connectivity index (χ1n) is 8.23. The van der Waals surface area contributed by atoms with Gasteiger partial charge >= 0.3 is 0 Å². The van der Waals surface area contributed by atoms with Gasteiger partial charge in [0.1, 0.15) is 0 Å². The molecule has 1 heterocycles. The Labute approximate surface area is 156 Å². The second-order valence-corrected chi connectivity index (χ2v) is 6.21. The average Bonchev–Trinajstić information content (AvgIpc) is 3.06. The highest BCUT2D eigenvalue weighted by Crippen LogP contribution is 2.29. The van der Waals surface area contributed by atoms with Crippen LogP contribution in [0.1, 0.15) is 18.4 Å². The molecule has 0 atom stereocenters. The fraction of sp³-hybridized carbons (Fsp3) is 0.211. The number of hydrogen-bond acceptors (Lipinski definition) is 4. The van der Waals surface area contributed by atoms with E-state index in [2.05, 4.69) is 10.5 Å². The number of nitrogens with one attached hydrogen (secondary N) is 1. The summed E-state index contributed by atoms with van der Waals surface area (Å²) in [6.07, 6.45) is 2.86. The van der Waals surface area contributed by atoms with Gasteiger partial charge in [0.15, 0.2) is 6.61 Å². The van der Waals surface area contributed by atoms with Gasteiger partial charge in [-0.15, -0.1) is 0 Å². The second-order valence-electron chi connectivity index (χ2n) is 5.77. The van der Waals surface area contributed by atoms with Gasteiger partial charge in [-0.1, -0.05) is 41.0 Å². The number of para-hydroxylation sites is 2. The summed E-state index contributed by atoms with van der Waals surface area (Å²) in [7, 11) is 0. The molecule has 1 saturated heterocycles. The smallest absolute Gasteiger partial charge is 0.265 e. The van der Waals surface area contributed by atoms with E-state index in [9.17, 15) is 9.59 Å². The molecule has 0 unspecified atom stereocenters. The minimum atomic E-state index is -0.350. The molecule has 1 fully saturated rings. The zero-order valence-electron chi connectivity index (χ0n) is 14.0. The highest BCUT2D eigenvalue weighted by atomic mass is 35.5. The number of rotatable bonds is 6. The van der Waals surface area contributed by atoms with Crippen molar-refractivity contribution in [1.82, 2.24) is 0 Å². The van der Waals surface area contributed by atoms with Crippen LogP contribution in [0.5, 0.6) is 0 Å². The van der Waals surface area contributed by atoms with Crippen molar-refractivity contribution in [2.45, 2.75) is 12.8 Å². The van der Waals surface area contributed by atoms with Crippen LogP contribution >= 0.6 is 11.6 Å². The third-order valence-corrected chi connectivity index (χ3v) is 4.14. The number of amides is 2. The SMILES string of the molecule is O=C(CO/N=C/c1ccc(Cl)cc1)Nc1ccccc1N1CCCC1=O. The summed E-state index contributed by atoms with van der Waals surface area (Å²) >= 11 is 5.81. The van der Waals surface area contributed by atoms with E-state index in [0.717, 1.165) is 12.0 Å². The minimum absolute atomic E-state index is 0.0653. The highest BCUT2D eigenvalue weighted by Gasteiger charge is 2.24. The normalized spacial score (nSPS) is 14.0. The van der Waals surface area contributed by atoms with Gasteiger partial charge < -0.3 is 15.1 Å². The highest BCUT2D eigenvalue weighted by molar-refractivity contribution is 6.30. The van der Waals surface area contributed by atoms with Crippen molar-refractivity contribution in [3.8, 4) is 0 Å². The molecule has 0 radical (unpaired) electrons. The van der Waals surface area contributed by atoms with Gasteiger partial charge in [-0.05, 0) is 36.2 Å². The predicted molar refractivity (Wildman–Crippen MR) is 102 cm³/mol. The van der Waals surface area contributed by atoms with Crippen molar-refractivity contribution in [2.75, 3.05) is 23.4 Å². The molecule has 0 bridgehead atoms. The Morgan fingerprint density at radius 3 is 2.73 bits per heavy atom. The minimum Gasteiger partial charge on any atom is -0.386 e. The summed E-state index contributed by atoms with van der Waals surface area (Å²) < 4.78 is 0. The van der Waals surface area contributed by atoms with Gasteiger partial charge in [-0.2, -0.15) is 0 Å². The van der Waals surface area contributed by atoms with Crippen molar-refractivity contribution in [3.63, 3.8) is 0 Å². The van der Waals surface area contributed by atoms with Gasteiger partial charge in [-0.3, -0.25) is 9.59 Å². The Kier molecular flexibility index (Phi) is 5.86. The van der Waals surface area contributed by atoms with E-state index in [1.807, 2.05) is 12.1 Å². The number of halogens is 1. The van der Waals surface area contributed by atoms with E-state index in [-0.39, 0.29) is 18.4 Å². The molecular weight excluding hydrogens is 354 g/mol. The lowest BCUT2D eigenvalue weighted by molar-refractivity contribution is -0.120. The number of hydrogen-bond donors (Lipinski definition) is 1. The van der Waals surface area contributed by atoms with Crippen molar-refractivity contribution >= 4 is 41.0 Å². The molecule has 0 aromatic heterocycles. The van der Waals surface area contributed by atoms with E-state index >= 15 is 0 Å². The number of nitrogens with zero attached hydrogens (tertiary/aromatic N) is 2. The average molecular weight is 372 g/mol. The van der Waals surface area contributed by atoms with E-state index in [1.165, 1.54) is 6.21 Å². The zero-order chi connectivity index (χ0) is 18.4. The molecule has 134 valence electrons. The quantitative estimate of drug-likeness (QED) is 0.624. The molecule has 2 amide bonds. The first kappa shape index (κ1) is 17.9. The summed E-state index contributed by atoms with van der Waals surface area (Å²) in [6.45, 7) is 0.431. The van der Waals surface area contributed by atoms with Crippen LogP contribution in [0, 0.1) is 0 Å². The van der Waals surface area contributed by atoms with Gasteiger partial charge in [0.25, 0.3) is 5.91 Å². The molecule has 26 heavy (non-hydrogen) atoms. The summed E-state index contributed by atoms with van der Waals surface area (Å²) in [4.78, 5) is 30.7. The third-order valence-electron chi connectivity index (χ3n) is 3.88. The standard InChI is InChI=1S/C19H18ClN3O3/c20-15-9-7-14(8-10-15)12-21-26-13-18(24)22-16-4-1-2-5-17(16)23-11-3-6-19(23)25/h1-2,4-5,7-10,12H,3,6,11,13H2,(H,22,24)/b21-12+. The molecule has 0 saturated carbocycles. The Morgan fingerprint density at radius 1 is 1.23 bits per heavy atom. The molecule has 0 aliphatic carbocycles. The Balaban J connectivity index is 1.55. The van der Waals surface area contributed by atoms with Crippen LogP contribution in [0.3, 0.4) is 0 Å². The van der Waals surface area contributed by atoms with Crippen LogP contribution < -0.4 is 10.2 Å². The number of carbonyl (C=O) groups is 2. The maximum atomic E-state index is 12.1. The molecule has 2 aromatic rings. The van der Waals surface area contributed by atoms with Crippen molar-refractivity contribution in [3.05, 3.63) is 59.1 Å². The van der Waals surface area contributed by atoms with Crippen LogP contribution in [-0.2, 0) is 14.4 Å². The third kappa shape index (κ3) is 4.61. The first-order valence-corrected chi connectivity index (χ1v) is 8.61. The molecule has 3 rings (SSSR count). The number of benzene rings is 2. The summed E-state index contributed by atoms with van der Waals surface area (Å²) in [5.41, 5.74) is 2.10. The van der Waals surface area contributed by atoms with Crippen LogP contribution in [0.2, 0.25) is 5.02 Å². The lowest BCUT2D eigenvalue weighted by Crippen LogP contribution is -2.26. The zero-order valence-corrected chi connectivity index (χ0v) is 14.8. The van der Waals surface area contributed by atoms with Crippen LogP contribution in [0.15, 0.2) is 53.7 Å². The first-order chi connectivity index (χ1) is 12.6. The maximum absolute atomic E-state index is 12.1. The molecule has 7 heteroatoms. The fourth-order valence-electron chi connectivity index (χ4n) is 2.65. The van der Waals surface area contributed by atoms with Crippen LogP contribution in [0.25, 0.3) is 0 Å². The molecule has 1 aliphatic heterocycles. The lowest BCUT2D eigenvalue weighted by Gasteiger charge is -2.19. The lowest BCUT2D eigenvalue weighted by atomic mass is 10.2. The van der Waals surface area contributed by atoms with Gasteiger partial charge in [-0.25, -0.2) is 0 Å². The van der Waals surface area contributed by atoms with Gasteiger partial charge in [0, 0.05) is 18.0 Å². The van der Waals surface area contributed by atoms with Crippen molar-refractivity contribution in [2.24, 2.45) is 5.16 Å². The van der Waals surface area contributed by atoms with E-state index in [4.69, 9.17) is 16.4 Å². The summed E-state index contributed by atoms with van der Waals surface area (Å²) in [5, 5.41) is 7.17. The van der Waals surface area contributed by atoms with Gasteiger partial charge in [0.05, 0.1) is 17.6 Å². The van der Waals surface area contributed by atoms with E-state index < -0.39 is 0 Å². The molecule has 6 nitrogen and oxygen atoms in total. The summed E-state index contributed by atoms with van der Waals surface area (Å²) in [5.74, 6) is -0.284. The Bertz CT molecular complexity index is 821. The van der Waals surface area contributed by atoms with E-state index in [1.54, 1.807) is 41.3 Å². The molecule has 2 aromatic carbocycles. The van der Waals surface area contributed by atoms with Crippen LogP contribution in [-0.4, -0.2) is 31.2 Å². The molecule has 1 aliphatic rings. The van der Waals surface area contributed by atoms with Crippen LogP contribution in [0.4, 0.5) is 11.4 Å².